The first-order chi connectivity index (χ1) is 7.16. The molecule has 15 heavy (non-hydrogen) atoms. The topological polar surface area (TPSA) is 32.3 Å². The second kappa shape index (κ2) is 4.52. The second-order valence-corrected chi connectivity index (χ2v) is 5.26. The van der Waals surface area contributed by atoms with Gasteiger partial charge in [0.2, 0.25) is 5.91 Å². The van der Waals surface area contributed by atoms with Crippen LogP contribution in [0.2, 0.25) is 0 Å². The molecule has 0 bridgehead atoms. The van der Waals surface area contributed by atoms with Crippen LogP contribution >= 0.6 is 0 Å². The van der Waals surface area contributed by atoms with Crippen molar-refractivity contribution < 1.29 is 4.79 Å². The van der Waals surface area contributed by atoms with E-state index in [0.29, 0.717) is 17.9 Å². The van der Waals surface area contributed by atoms with Gasteiger partial charge in [0.25, 0.3) is 0 Å². The van der Waals surface area contributed by atoms with Crippen LogP contribution in [0.3, 0.4) is 0 Å². The fourth-order valence-corrected chi connectivity index (χ4v) is 2.60. The zero-order chi connectivity index (χ0) is 10.8. The Hall–Kier alpha value is -0.570. The Kier molecular flexibility index (Phi) is 3.29. The van der Waals surface area contributed by atoms with Gasteiger partial charge in [0.15, 0.2) is 0 Å². The molecule has 1 N–H and O–H groups in total. The monoisotopic (exact) mass is 210 g/mol. The van der Waals surface area contributed by atoms with Gasteiger partial charge in [0, 0.05) is 25.7 Å². The van der Waals surface area contributed by atoms with Crippen LogP contribution in [0.15, 0.2) is 0 Å². The third-order valence-electron chi connectivity index (χ3n) is 3.75. The summed E-state index contributed by atoms with van der Waals surface area (Å²) in [6.07, 6.45) is 3.39. The molecule has 2 heterocycles. The van der Waals surface area contributed by atoms with Gasteiger partial charge in [-0.05, 0) is 32.1 Å². The molecule has 2 rings (SSSR count). The number of amides is 1. The minimum atomic E-state index is 0.242. The normalized spacial score (nSPS) is 36.9. The molecule has 86 valence electrons. The van der Waals surface area contributed by atoms with Gasteiger partial charge in [-0.1, -0.05) is 6.92 Å². The number of hydrogen-bond donors (Lipinski definition) is 1. The summed E-state index contributed by atoms with van der Waals surface area (Å²) in [4.78, 5) is 14.2. The minimum absolute atomic E-state index is 0.242. The number of piperidine rings is 1. The van der Waals surface area contributed by atoms with Gasteiger partial charge >= 0.3 is 0 Å². The van der Waals surface area contributed by atoms with Crippen molar-refractivity contribution in [2.45, 2.75) is 39.2 Å². The third kappa shape index (κ3) is 2.51. The van der Waals surface area contributed by atoms with Gasteiger partial charge in [0.1, 0.15) is 0 Å². The Morgan fingerprint density at radius 2 is 2.07 bits per heavy atom. The van der Waals surface area contributed by atoms with Crippen molar-refractivity contribution in [3.05, 3.63) is 0 Å². The quantitative estimate of drug-likeness (QED) is 0.706. The summed E-state index contributed by atoms with van der Waals surface area (Å²) in [5.41, 5.74) is 0. The van der Waals surface area contributed by atoms with E-state index in [1.165, 1.54) is 6.42 Å². The van der Waals surface area contributed by atoms with E-state index in [1.54, 1.807) is 0 Å². The van der Waals surface area contributed by atoms with Gasteiger partial charge in [-0.2, -0.15) is 0 Å². The van der Waals surface area contributed by atoms with Crippen LogP contribution < -0.4 is 5.32 Å². The van der Waals surface area contributed by atoms with E-state index in [2.05, 4.69) is 24.1 Å². The molecule has 2 aliphatic heterocycles. The van der Waals surface area contributed by atoms with Gasteiger partial charge in [0.05, 0.1) is 5.92 Å². The lowest BCUT2D eigenvalue weighted by Gasteiger charge is -2.29. The zero-order valence-corrected chi connectivity index (χ0v) is 9.83. The number of rotatable bonds is 1. The van der Waals surface area contributed by atoms with Gasteiger partial charge in [-0.15, -0.1) is 0 Å². The molecule has 1 amide bonds. The van der Waals surface area contributed by atoms with E-state index >= 15 is 0 Å². The second-order valence-electron chi connectivity index (χ2n) is 5.26. The molecule has 0 aromatic heterocycles. The summed E-state index contributed by atoms with van der Waals surface area (Å²) in [6.45, 7) is 7.26. The minimum Gasteiger partial charge on any atom is -0.342 e. The number of likely N-dealkylation sites (tertiary alicyclic amines) is 1. The number of nitrogens with zero attached hydrogens (tertiary/aromatic N) is 1. The van der Waals surface area contributed by atoms with Crippen molar-refractivity contribution >= 4 is 5.91 Å². The maximum atomic E-state index is 12.1. The molecule has 3 heteroatoms. The van der Waals surface area contributed by atoms with Crippen LogP contribution in [0, 0.1) is 11.8 Å². The molecule has 2 fully saturated rings. The molecule has 0 spiro atoms. The molecule has 0 saturated carbocycles. The number of hydrogen-bond acceptors (Lipinski definition) is 2. The average molecular weight is 210 g/mol. The first kappa shape index (κ1) is 10.9. The highest BCUT2D eigenvalue weighted by Gasteiger charge is 2.30. The third-order valence-corrected chi connectivity index (χ3v) is 3.75. The average Bonchev–Trinajstić information content (AvgIpc) is 2.65. The van der Waals surface area contributed by atoms with Crippen molar-refractivity contribution in [1.82, 2.24) is 10.2 Å². The van der Waals surface area contributed by atoms with Crippen molar-refractivity contribution in [1.29, 1.82) is 0 Å². The van der Waals surface area contributed by atoms with Crippen molar-refractivity contribution in [3.63, 3.8) is 0 Å². The number of nitrogens with one attached hydrogen (secondary N) is 1. The fourth-order valence-electron chi connectivity index (χ4n) is 2.60. The van der Waals surface area contributed by atoms with Crippen molar-refractivity contribution in [2.24, 2.45) is 11.8 Å². The van der Waals surface area contributed by atoms with Crippen LogP contribution in [0.1, 0.15) is 33.1 Å². The summed E-state index contributed by atoms with van der Waals surface area (Å²) in [5.74, 6) is 1.33. The van der Waals surface area contributed by atoms with Crippen LogP contribution in [0.5, 0.6) is 0 Å². The molecule has 3 unspecified atom stereocenters. The summed E-state index contributed by atoms with van der Waals surface area (Å²) >= 11 is 0. The van der Waals surface area contributed by atoms with Crippen LogP contribution in [-0.4, -0.2) is 36.5 Å². The molecule has 3 atom stereocenters. The van der Waals surface area contributed by atoms with Crippen LogP contribution in [0.25, 0.3) is 0 Å². The van der Waals surface area contributed by atoms with E-state index in [9.17, 15) is 4.79 Å². The highest BCUT2D eigenvalue weighted by Crippen LogP contribution is 2.21. The predicted octanol–water partition coefficient (Wildman–Crippen LogP) is 1.24. The van der Waals surface area contributed by atoms with E-state index < -0.39 is 0 Å². The highest BCUT2D eigenvalue weighted by atomic mass is 16.2. The van der Waals surface area contributed by atoms with Gasteiger partial charge in [-0.3, -0.25) is 4.79 Å². The van der Waals surface area contributed by atoms with E-state index in [4.69, 9.17) is 0 Å². The lowest BCUT2D eigenvalue weighted by Crippen LogP contribution is -2.45. The zero-order valence-electron chi connectivity index (χ0n) is 9.83. The fraction of sp³-hybridized carbons (Fsp3) is 0.917. The smallest absolute Gasteiger partial charge is 0.226 e. The first-order valence-electron chi connectivity index (χ1n) is 6.19. The Balaban J connectivity index is 1.85. The van der Waals surface area contributed by atoms with Crippen LogP contribution in [-0.2, 0) is 4.79 Å². The maximum Gasteiger partial charge on any atom is 0.226 e. The number of carbonyl (C=O) groups excluding carboxylic acids is 1. The Morgan fingerprint density at radius 1 is 1.27 bits per heavy atom. The SMILES string of the molecule is CC1CCN(C(=O)C2CCC(C)NC2)C1. The lowest BCUT2D eigenvalue weighted by molar-refractivity contribution is -0.135. The standard InChI is InChI=1S/C12H22N2O/c1-9-5-6-14(8-9)12(15)11-4-3-10(2)13-7-11/h9-11,13H,3-8H2,1-2H3. The molecule has 2 saturated heterocycles. The molecule has 2 aliphatic rings. The van der Waals surface area contributed by atoms with Gasteiger partial charge < -0.3 is 10.2 Å². The molecule has 3 nitrogen and oxygen atoms in total. The Bertz CT molecular complexity index is 234. The highest BCUT2D eigenvalue weighted by molar-refractivity contribution is 5.79. The predicted molar refractivity (Wildman–Crippen MR) is 60.5 cm³/mol. The maximum absolute atomic E-state index is 12.1. The molecule has 0 radical (unpaired) electrons. The molecule has 0 aromatic carbocycles. The summed E-state index contributed by atoms with van der Waals surface area (Å²) in [5, 5.41) is 3.40. The molecular weight excluding hydrogens is 188 g/mol. The Labute approximate surface area is 92.2 Å². The van der Waals surface area contributed by atoms with Crippen LogP contribution in [0.4, 0.5) is 0 Å². The first-order valence-corrected chi connectivity index (χ1v) is 6.19. The molecule has 0 aliphatic carbocycles. The van der Waals surface area contributed by atoms with E-state index in [1.807, 2.05) is 0 Å². The summed E-state index contributed by atoms with van der Waals surface area (Å²) in [6, 6.07) is 0.589. The molecule has 0 aromatic rings. The number of carbonyl (C=O) groups is 1. The lowest BCUT2D eigenvalue weighted by atomic mass is 9.94. The van der Waals surface area contributed by atoms with E-state index in [0.717, 1.165) is 32.5 Å². The van der Waals surface area contributed by atoms with Crippen molar-refractivity contribution in [2.75, 3.05) is 19.6 Å². The molecular formula is C12H22N2O. The summed E-state index contributed by atoms with van der Waals surface area (Å²) in [7, 11) is 0. The Morgan fingerprint density at radius 3 is 2.60 bits per heavy atom. The van der Waals surface area contributed by atoms with Crippen molar-refractivity contribution in [3.8, 4) is 0 Å². The summed E-state index contributed by atoms with van der Waals surface area (Å²) < 4.78 is 0. The largest absolute Gasteiger partial charge is 0.342 e. The van der Waals surface area contributed by atoms with Gasteiger partial charge in [-0.25, -0.2) is 0 Å². The van der Waals surface area contributed by atoms with E-state index in [-0.39, 0.29) is 5.92 Å².